The van der Waals surface area contributed by atoms with Crippen LogP contribution in [0.5, 0.6) is 0 Å². The third-order valence-electron chi connectivity index (χ3n) is 2.71. The van der Waals surface area contributed by atoms with Crippen molar-refractivity contribution in [2.75, 3.05) is 0 Å². The number of aromatic nitrogens is 3. The average molecular weight is 288 g/mol. The van der Waals surface area contributed by atoms with Crippen molar-refractivity contribution < 1.29 is 0 Å². The Morgan fingerprint density at radius 3 is 2.71 bits per heavy atom. The number of fused-ring (bicyclic) bond motifs is 1. The molecule has 0 aromatic carbocycles. The molecule has 0 N–H and O–H groups in total. The highest BCUT2D eigenvalue weighted by Gasteiger charge is 2.05. The van der Waals surface area contributed by atoms with Gasteiger partial charge in [-0.2, -0.15) is 0 Å². The van der Waals surface area contributed by atoms with Crippen molar-refractivity contribution in [3.63, 3.8) is 0 Å². The molecule has 3 rings (SSSR count). The summed E-state index contributed by atoms with van der Waals surface area (Å²) in [7, 11) is 0. The lowest BCUT2D eigenvalue weighted by molar-refractivity contribution is 0.823. The first-order chi connectivity index (χ1) is 8.34. The maximum Gasteiger partial charge on any atom is 0.141 e. The molecule has 3 aromatic heterocycles. The SMILES string of the molecule is Brc1ccnc2c1ccn2Cc1ccncc1. The van der Waals surface area contributed by atoms with Crippen LogP contribution in [0.15, 0.2) is 53.5 Å². The van der Waals surface area contributed by atoms with Crippen LogP contribution in [0.3, 0.4) is 0 Å². The summed E-state index contributed by atoms with van der Waals surface area (Å²) in [4.78, 5) is 8.43. The van der Waals surface area contributed by atoms with E-state index < -0.39 is 0 Å². The molecule has 0 saturated heterocycles. The highest BCUT2D eigenvalue weighted by molar-refractivity contribution is 9.10. The van der Waals surface area contributed by atoms with Gasteiger partial charge >= 0.3 is 0 Å². The summed E-state index contributed by atoms with van der Waals surface area (Å²) in [5.74, 6) is 0. The fourth-order valence-corrected chi connectivity index (χ4v) is 2.30. The number of hydrogen-bond donors (Lipinski definition) is 0. The molecule has 0 saturated carbocycles. The van der Waals surface area contributed by atoms with Crippen LogP contribution in [0.1, 0.15) is 5.56 Å². The van der Waals surface area contributed by atoms with Gasteiger partial charge < -0.3 is 4.57 Å². The summed E-state index contributed by atoms with van der Waals surface area (Å²) in [5, 5.41) is 1.14. The Morgan fingerprint density at radius 1 is 1.06 bits per heavy atom. The van der Waals surface area contributed by atoms with Gasteiger partial charge in [-0.15, -0.1) is 0 Å². The molecule has 4 heteroatoms. The lowest BCUT2D eigenvalue weighted by atomic mass is 10.3. The first kappa shape index (κ1) is 10.5. The minimum absolute atomic E-state index is 0.815. The summed E-state index contributed by atoms with van der Waals surface area (Å²) in [6.45, 7) is 0.815. The largest absolute Gasteiger partial charge is 0.328 e. The van der Waals surface area contributed by atoms with Crippen molar-refractivity contribution in [3.8, 4) is 0 Å². The molecule has 0 radical (unpaired) electrons. The van der Waals surface area contributed by atoms with Crippen LogP contribution < -0.4 is 0 Å². The van der Waals surface area contributed by atoms with Crippen molar-refractivity contribution in [2.24, 2.45) is 0 Å². The van der Waals surface area contributed by atoms with Crippen molar-refractivity contribution >= 4 is 27.0 Å². The first-order valence-electron chi connectivity index (χ1n) is 5.33. The third-order valence-corrected chi connectivity index (χ3v) is 3.40. The molecule has 0 aliphatic rings. The van der Waals surface area contributed by atoms with E-state index in [2.05, 4.69) is 42.7 Å². The predicted octanol–water partition coefficient (Wildman–Crippen LogP) is 3.24. The van der Waals surface area contributed by atoms with Gasteiger partial charge in [-0.3, -0.25) is 4.98 Å². The van der Waals surface area contributed by atoms with Gasteiger partial charge in [0, 0.05) is 41.2 Å². The Kier molecular flexibility index (Phi) is 2.65. The summed E-state index contributed by atoms with van der Waals surface area (Å²) < 4.78 is 3.21. The Labute approximate surface area is 107 Å². The quantitative estimate of drug-likeness (QED) is 0.724. The zero-order chi connectivity index (χ0) is 11.7. The van der Waals surface area contributed by atoms with E-state index in [1.165, 1.54) is 5.56 Å². The van der Waals surface area contributed by atoms with Crippen molar-refractivity contribution in [1.29, 1.82) is 0 Å². The highest BCUT2D eigenvalue weighted by atomic mass is 79.9. The number of rotatable bonds is 2. The normalized spacial score (nSPS) is 10.9. The zero-order valence-electron chi connectivity index (χ0n) is 9.05. The maximum atomic E-state index is 4.42. The molecule has 0 bridgehead atoms. The van der Waals surface area contributed by atoms with Crippen molar-refractivity contribution in [1.82, 2.24) is 14.5 Å². The summed E-state index contributed by atoms with van der Waals surface area (Å²) in [5.41, 5.74) is 2.22. The fraction of sp³-hybridized carbons (Fsp3) is 0.0769. The summed E-state index contributed by atoms with van der Waals surface area (Å²) in [6, 6.07) is 8.07. The monoisotopic (exact) mass is 287 g/mol. The van der Waals surface area contributed by atoms with E-state index in [0.29, 0.717) is 0 Å². The van der Waals surface area contributed by atoms with Crippen molar-refractivity contribution in [2.45, 2.75) is 6.54 Å². The molecule has 3 heterocycles. The molecule has 17 heavy (non-hydrogen) atoms. The van der Waals surface area contributed by atoms with Crippen LogP contribution in [0.25, 0.3) is 11.0 Å². The van der Waals surface area contributed by atoms with E-state index in [0.717, 1.165) is 22.1 Å². The Balaban J connectivity index is 2.05. The van der Waals surface area contributed by atoms with Crippen LogP contribution in [-0.2, 0) is 6.54 Å². The molecule has 0 amide bonds. The van der Waals surface area contributed by atoms with Crippen LogP contribution in [-0.4, -0.2) is 14.5 Å². The number of pyridine rings is 2. The molecular formula is C13H10BrN3. The Hall–Kier alpha value is -1.68. The van der Waals surface area contributed by atoms with Crippen LogP contribution >= 0.6 is 15.9 Å². The molecule has 0 unspecified atom stereocenters. The molecule has 0 spiro atoms. The van der Waals surface area contributed by atoms with Crippen LogP contribution in [0.4, 0.5) is 0 Å². The standard InChI is InChI=1S/C13H10BrN3/c14-12-3-7-16-13-11(12)4-8-17(13)9-10-1-5-15-6-2-10/h1-8H,9H2. The number of nitrogens with zero attached hydrogens (tertiary/aromatic N) is 3. The molecular weight excluding hydrogens is 278 g/mol. The van der Waals surface area contributed by atoms with E-state index in [-0.39, 0.29) is 0 Å². The van der Waals surface area contributed by atoms with Crippen LogP contribution in [0.2, 0.25) is 0 Å². The Bertz CT molecular complexity index is 646. The van der Waals surface area contributed by atoms with Gasteiger partial charge in [-0.05, 0) is 45.8 Å². The van der Waals surface area contributed by atoms with E-state index >= 15 is 0 Å². The van der Waals surface area contributed by atoms with E-state index in [1.807, 2.05) is 36.8 Å². The van der Waals surface area contributed by atoms with Gasteiger partial charge in [0.2, 0.25) is 0 Å². The van der Waals surface area contributed by atoms with Gasteiger partial charge in [0.1, 0.15) is 5.65 Å². The smallest absolute Gasteiger partial charge is 0.141 e. The molecule has 0 aliphatic heterocycles. The fourth-order valence-electron chi connectivity index (χ4n) is 1.87. The Morgan fingerprint density at radius 2 is 1.88 bits per heavy atom. The second kappa shape index (κ2) is 4.30. The summed E-state index contributed by atoms with van der Waals surface area (Å²) in [6.07, 6.45) is 7.49. The van der Waals surface area contributed by atoms with Gasteiger partial charge in [0.15, 0.2) is 0 Å². The topological polar surface area (TPSA) is 30.7 Å². The number of halogens is 1. The average Bonchev–Trinajstić information content (AvgIpc) is 2.76. The van der Waals surface area contributed by atoms with Crippen molar-refractivity contribution in [3.05, 3.63) is 59.1 Å². The highest BCUT2D eigenvalue weighted by Crippen LogP contribution is 2.23. The third kappa shape index (κ3) is 1.96. The van der Waals surface area contributed by atoms with E-state index in [9.17, 15) is 0 Å². The second-order valence-electron chi connectivity index (χ2n) is 3.83. The lowest BCUT2D eigenvalue weighted by Crippen LogP contribution is -1.98. The van der Waals surface area contributed by atoms with Gasteiger partial charge in [0.25, 0.3) is 0 Å². The maximum absolute atomic E-state index is 4.42. The molecule has 0 aliphatic carbocycles. The lowest BCUT2D eigenvalue weighted by Gasteiger charge is -2.04. The van der Waals surface area contributed by atoms with E-state index in [1.54, 1.807) is 0 Å². The summed E-state index contributed by atoms with van der Waals surface area (Å²) >= 11 is 3.53. The minimum Gasteiger partial charge on any atom is -0.328 e. The van der Waals surface area contributed by atoms with E-state index in [4.69, 9.17) is 0 Å². The number of hydrogen-bond acceptors (Lipinski definition) is 2. The molecule has 3 aromatic rings. The second-order valence-corrected chi connectivity index (χ2v) is 4.68. The minimum atomic E-state index is 0.815. The molecule has 0 fully saturated rings. The molecule has 0 atom stereocenters. The van der Waals surface area contributed by atoms with Crippen LogP contribution in [0, 0.1) is 0 Å². The predicted molar refractivity (Wildman–Crippen MR) is 70.8 cm³/mol. The van der Waals surface area contributed by atoms with Gasteiger partial charge in [-0.1, -0.05) is 0 Å². The first-order valence-corrected chi connectivity index (χ1v) is 6.12. The molecule has 84 valence electrons. The van der Waals surface area contributed by atoms with Gasteiger partial charge in [-0.25, -0.2) is 4.98 Å². The molecule has 3 nitrogen and oxygen atoms in total. The zero-order valence-corrected chi connectivity index (χ0v) is 10.6. The van der Waals surface area contributed by atoms with Gasteiger partial charge in [0.05, 0.1) is 0 Å².